The lowest BCUT2D eigenvalue weighted by Gasteiger charge is -2.61. The molecule has 4 bridgehead atoms. The van der Waals surface area contributed by atoms with Crippen molar-refractivity contribution < 1.29 is 5.11 Å². The van der Waals surface area contributed by atoms with Crippen LogP contribution in [0.4, 0.5) is 0 Å². The van der Waals surface area contributed by atoms with Crippen LogP contribution >= 0.6 is 24.8 Å². The minimum absolute atomic E-state index is 0. The molecule has 5 fully saturated rings. The molecule has 1 heterocycles. The van der Waals surface area contributed by atoms with Gasteiger partial charge in [-0.15, -0.1) is 24.8 Å². The average molecular weight is 337 g/mol. The van der Waals surface area contributed by atoms with Gasteiger partial charge in [-0.3, -0.25) is 9.80 Å². The van der Waals surface area contributed by atoms with E-state index in [0.717, 1.165) is 30.8 Å². The monoisotopic (exact) mass is 336 g/mol. The maximum absolute atomic E-state index is 9.70. The fraction of sp³-hybridized carbons (Fsp3) is 1.00. The van der Waals surface area contributed by atoms with E-state index in [1.165, 1.54) is 51.6 Å². The fourth-order valence-electron chi connectivity index (χ4n) is 6.02. The van der Waals surface area contributed by atoms with E-state index in [9.17, 15) is 5.11 Å². The van der Waals surface area contributed by atoms with Crippen LogP contribution in [-0.2, 0) is 0 Å². The van der Waals surface area contributed by atoms with Crippen LogP contribution in [0.15, 0.2) is 0 Å². The number of aliphatic hydroxyl groups is 1. The maximum Gasteiger partial charge on any atom is 0.104 e. The first-order valence-electron chi connectivity index (χ1n) is 8.32. The summed E-state index contributed by atoms with van der Waals surface area (Å²) < 4.78 is 0. The molecule has 5 heteroatoms. The number of rotatable bonds is 2. The van der Waals surface area contributed by atoms with Crippen molar-refractivity contribution in [3.63, 3.8) is 0 Å². The summed E-state index contributed by atoms with van der Waals surface area (Å²) in [6, 6.07) is 0. The molecule has 0 spiro atoms. The molecule has 1 aliphatic heterocycles. The Labute approximate surface area is 141 Å². The SMILES string of the molecule is CC(O)N1CCN(C23CC4CC(CC(C4)C2)C3)CC1.Cl.Cl. The Morgan fingerprint density at radius 3 is 1.67 bits per heavy atom. The smallest absolute Gasteiger partial charge is 0.104 e. The van der Waals surface area contributed by atoms with Crippen molar-refractivity contribution >= 4 is 24.8 Å². The Balaban J connectivity index is 0.000000807. The van der Waals surface area contributed by atoms with Crippen LogP contribution in [0.3, 0.4) is 0 Å². The molecule has 124 valence electrons. The van der Waals surface area contributed by atoms with Crippen LogP contribution in [0.1, 0.15) is 45.4 Å². The second kappa shape index (κ2) is 6.52. The standard InChI is InChI=1S/C16H28N2O.2ClH/c1-12(19)17-2-4-18(5-3-17)16-9-13-6-14(10-16)8-15(7-13)11-16;;/h12-15,19H,2-11H2,1H3;2*1H. The third-order valence-electron chi connectivity index (χ3n) is 6.52. The van der Waals surface area contributed by atoms with E-state index in [-0.39, 0.29) is 31.0 Å². The predicted molar refractivity (Wildman–Crippen MR) is 90.2 cm³/mol. The van der Waals surface area contributed by atoms with Crippen LogP contribution < -0.4 is 0 Å². The first-order valence-corrected chi connectivity index (χ1v) is 8.32. The quantitative estimate of drug-likeness (QED) is 0.839. The van der Waals surface area contributed by atoms with Crippen LogP contribution in [0.5, 0.6) is 0 Å². The highest BCUT2D eigenvalue weighted by Gasteiger charge is 2.53. The van der Waals surface area contributed by atoms with Crippen molar-refractivity contribution in [1.82, 2.24) is 9.80 Å². The van der Waals surface area contributed by atoms with E-state index in [1.54, 1.807) is 0 Å². The molecule has 1 N–H and O–H groups in total. The highest BCUT2D eigenvalue weighted by molar-refractivity contribution is 5.85. The highest BCUT2D eigenvalue weighted by atomic mass is 35.5. The predicted octanol–water partition coefficient (Wildman–Crippen LogP) is 2.75. The number of nitrogens with zero attached hydrogens (tertiary/aromatic N) is 2. The van der Waals surface area contributed by atoms with Crippen molar-refractivity contribution in [3.8, 4) is 0 Å². The van der Waals surface area contributed by atoms with Gasteiger partial charge in [0.05, 0.1) is 0 Å². The van der Waals surface area contributed by atoms with Crippen molar-refractivity contribution in [3.05, 3.63) is 0 Å². The lowest BCUT2D eigenvalue weighted by molar-refractivity contribution is -0.113. The second-order valence-electron chi connectivity index (χ2n) is 7.80. The second-order valence-corrected chi connectivity index (χ2v) is 7.80. The molecule has 1 atom stereocenters. The van der Waals surface area contributed by atoms with Gasteiger partial charge in [-0.05, 0) is 63.2 Å². The Hall–Kier alpha value is 0.460. The van der Waals surface area contributed by atoms with Crippen LogP contribution in [0.2, 0.25) is 0 Å². The van der Waals surface area contributed by atoms with Gasteiger partial charge in [0, 0.05) is 31.7 Å². The number of aliphatic hydroxyl groups excluding tert-OH is 1. The summed E-state index contributed by atoms with van der Waals surface area (Å²) in [5, 5.41) is 9.70. The van der Waals surface area contributed by atoms with Gasteiger partial charge >= 0.3 is 0 Å². The molecule has 0 aromatic carbocycles. The van der Waals surface area contributed by atoms with Gasteiger partial charge in [0.2, 0.25) is 0 Å². The van der Waals surface area contributed by atoms with E-state index in [1.807, 2.05) is 6.92 Å². The third-order valence-corrected chi connectivity index (χ3v) is 6.52. The van der Waals surface area contributed by atoms with Gasteiger partial charge < -0.3 is 5.11 Å². The molecule has 5 rings (SSSR count). The van der Waals surface area contributed by atoms with Crippen molar-refractivity contribution in [1.29, 1.82) is 0 Å². The van der Waals surface area contributed by atoms with Crippen molar-refractivity contribution in [2.24, 2.45) is 17.8 Å². The van der Waals surface area contributed by atoms with Gasteiger partial charge in [-0.2, -0.15) is 0 Å². The average Bonchev–Trinajstić information content (AvgIpc) is 2.37. The molecule has 21 heavy (non-hydrogen) atoms. The summed E-state index contributed by atoms with van der Waals surface area (Å²) in [6.45, 7) is 6.37. The van der Waals surface area contributed by atoms with Crippen LogP contribution in [0, 0.1) is 17.8 Å². The van der Waals surface area contributed by atoms with E-state index in [4.69, 9.17) is 0 Å². The largest absolute Gasteiger partial charge is 0.379 e. The molecule has 0 aromatic rings. The van der Waals surface area contributed by atoms with E-state index >= 15 is 0 Å². The van der Waals surface area contributed by atoms with Gasteiger partial charge in [0.25, 0.3) is 0 Å². The first kappa shape index (κ1) is 17.8. The number of piperazine rings is 1. The summed E-state index contributed by atoms with van der Waals surface area (Å²) >= 11 is 0. The molecule has 1 saturated heterocycles. The van der Waals surface area contributed by atoms with E-state index in [2.05, 4.69) is 9.80 Å². The molecule has 4 saturated carbocycles. The molecule has 1 unspecified atom stereocenters. The van der Waals surface area contributed by atoms with Crippen molar-refractivity contribution in [2.75, 3.05) is 26.2 Å². The van der Waals surface area contributed by atoms with Gasteiger partial charge in [-0.1, -0.05) is 0 Å². The summed E-state index contributed by atoms with van der Waals surface area (Å²) in [4.78, 5) is 5.04. The molecular weight excluding hydrogens is 307 g/mol. The minimum atomic E-state index is -0.265. The molecule has 0 amide bonds. The Morgan fingerprint density at radius 2 is 1.29 bits per heavy atom. The molecule has 0 aromatic heterocycles. The maximum atomic E-state index is 9.70. The first-order chi connectivity index (χ1) is 9.14. The zero-order valence-electron chi connectivity index (χ0n) is 13.0. The van der Waals surface area contributed by atoms with Crippen LogP contribution in [0.25, 0.3) is 0 Å². The normalized spacial score (nSPS) is 44.0. The zero-order valence-corrected chi connectivity index (χ0v) is 14.7. The highest BCUT2D eigenvalue weighted by Crippen LogP contribution is 2.57. The number of halogens is 2. The Morgan fingerprint density at radius 1 is 0.857 bits per heavy atom. The van der Waals surface area contributed by atoms with E-state index in [0.29, 0.717) is 5.54 Å². The summed E-state index contributed by atoms with van der Waals surface area (Å²) in [5.41, 5.74) is 0.569. The van der Waals surface area contributed by atoms with E-state index < -0.39 is 0 Å². The van der Waals surface area contributed by atoms with Gasteiger partial charge in [0.15, 0.2) is 0 Å². The molecule has 5 aliphatic rings. The summed E-state index contributed by atoms with van der Waals surface area (Å²) in [5.74, 6) is 3.13. The fourth-order valence-corrected chi connectivity index (χ4v) is 6.02. The topological polar surface area (TPSA) is 26.7 Å². The van der Waals surface area contributed by atoms with Gasteiger partial charge in [0.1, 0.15) is 6.23 Å². The summed E-state index contributed by atoms with van der Waals surface area (Å²) in [6.07, 6.45) is 8.78. The lowest BCUT2D eigenvalue weighted by atomic mass is 9.52. The third kappa shape index (κ3) is 3.10. The molecular formula is C16H30Cl2N2O. The number of hydrogen-bond donors (Lipinski definition) is 1. The minimum Gasteiger partial charge on any atom is -0.379 e. The number of hydrogen-bond acceptors (Lipinski definition) is 3. The van der Waals surface area contributed by atoms with Crippen LogP contribution in [-0.4, -0.2) is 52.9 Å². The molecule has 0 radical (unpaired) electrons. The lowest BCUT2D eigenvalue weighted by Crippen LogP contribution is -2.64. The molecule has 4 aliphatic carbocycles. The van der Waals surface area contributed by atoms with Gasteiger partial charge in [-0.25, -0.2) is 0 Å². The van der Waals surface area contributed by atoms with Crippen molar-refractivity contribution in [2.45, 2.75) is 57.2 Å². The Bertz CT molecular complexity index is 321. The summed E-state index contributed by atoms with van der Waals surface area (Å²) in [7, 11) is 0. The Kier molecular flexibility index (Phi) is 5.53. The zero-order chi connectivity index (χ0) is 13.0. The molecule has 3 nitrogen and oxygen atoms in total.